The van der Waals surface area contributed by atoms with E-state index in [1.165, 1.54) is 0 Å². The van der Waals surface area contributed by atoms with Gasteiger partial charge in [-0.15, -0.1) is 12.4 Å². The second kappa shape index (κ2) is 9.23. The van der Waals surface area contributed by atoms with Gasteiger partial charge in [-0.3, -0.25) is 4.79 Å². The standard InChI is InChI=1S/C16H23ClN2O2.ClH/c1-3-10-21-15-5-4-12(17)11-14(15)16(20)19-8-6-13(18-2)7-9-19;/h4-5,11,13,18H,3,6-10H2,1-2H3;1H. The van der Waals surface area contributed by atoms with E-state index >= 15 is 0 Å². The molecule has 1 saturated heterocycles. The van der Waals surface area contributed by atoms with Crippen LogP contribution in [0.1, 0.15) is 36.5 Å². The molecule has 1 aliphatic heterocycles. The van der Waals surface area contributed by atoms with Gasteiger partial charge in [0.2, 0.25) is 0 Å². The van der Waals surface area contributed by atoms with Crippen LogP contribution in [0, 0.1) is 0 Å². The SMILES string of the molecule is CCCOc1ccc(Cl)cc1C(=O)N1CCC(NC)CC1.Cl. The molecule has 0 aliphatic carbocycles. The Morgan fingerprint density at radius 2 is 2.09 bits per heavy atom. The van der Waals surface area contributed by atoms with E-state index in [0.717, 1.165) is 32.4 Å². The highest BCUT2D eigenvalue weighted by molar-refractivity contribution is 6.31. The molecule has 1 heterocycles. The first-order chi connectivity index (χ1) is 10.2. The summed E-state index contributed by atoms with van der Waals surface area (Å²) in [5.41, 5.74) is 0.568. The van der Waals surface area contributed by atoms with Crippen molar-refractivity contribution in [3.05, 3.63) is 28.8 Å². The van der Waals surface area contributed by atoms with Gasteiger partial charge >= 0.3 is 0 Å². The van der Waals surface area contributed by atoms with Crippen molar-refractivity contribution in [2.45, 2.75) is 32.2 Å². The molecule has 2 rings (SSSR count). The van der Waals surface area contributed by atoms with E-state index in [1.807, 2.05) is 18.9 Å². The Morgan fingerprint density at radius 3 is 2.68 bits per heavy atom. The fraction of sp³-hybridized carbons (Fsp3) is 0.562. The molecule has 1 amide bonds. The van der Waals surface area contributed by atoms with E-state index in [1.54, 1.807) is 18.2 Å². The van der Waals surface area contributed by atoms with Gasteiger partial charge in [-0.2, -0.15) is 0 Å². The maximum absolute atomic E-state index is 12.7. The molecule has 124 valence electrons. The minimum absolute atomic E-state index is 0. The zero-order valence-corrected chi connectivity index (χ0v) is 14.7. The number of likely N-dealkylation sites (tertiary alicyclic amines) is 1. The van der Waals surface area contributed by atoms with Gasteiger partial charge in [0.1, 0.15) is 5.75 Å². The third-order valence-corrected chi connectivity index (χ3v) is 4.06. The van der Waals surface area contributed by atoms with Gasteiger partial charge in [0.25, 0.3) is 5.91 Å². The van der Waals surface area contributed by atoms with E-state index in [4.69, 9.17) is 16.3 Å². The topological polar surface area (TPSA) is 41.6 Å². The van der Waals surface area contributed by atoms with Gasteiger partial charge in [-0.25, -0.2) is 0 Å². The second-order valence-electron chi connectivity index (χ2n) is 5.34. The number of hydrogen-bond acceptors (Lipinski definition) is 3. The molecule has 0 saturated carbocycles. The number of hydrogen-bond donors (Lipinski definition) is 1. The zero-order valence-electron chi connectivity index (χ0n) is 13.1. The number of benzene rings is 1. The molecular weight excluding hydrogens is 323 g/mol. The lowest BCUT2D eigenvalue weighted by atomic mass is 10.0. The number of rotatable bonds is 5. The molecule has 0 radical (unpaired) electrons. The molecule has 0 aromatic heterocycles. The van der Waals surface area contributed by atoms with Crippen molar-refractivity contribution in [2.24, 2.45) is 0 Å². The number of ether oxygens (including phenoxy) is 1. The quantitative estimate of drug-likeness (QED) is 0.888. The van der Waals surface area contributed by atoms with Gasteiger partial charge in [0.05, 0.1) is 12.2 Å². The van der Waals surface area contributed by atoms with E-state index < -0.39 is 0 Å². The van der Waals surface area contributed by atoms with Gasteiger partial charge < -0.3 is 15.0 Å². The number of nitrogens with one attached hydrogen (secondary N) is 1. The first-order valence-electron chi connectivity index (χ1n) is 7.54. The van der Waals surface area contributed by atoms with Crippen LogP contribution in [0.2, 0.25) is 5.02 Å². The van der Waals surface area contributed by atoms with E-state index in [9.17, 15) is 4.79 Å². The Kier molecular flexibility index (Phi) is 8.01. The average Bonchev–Trinajstić information content (AvgIpc) is 2.53. The van der Waals surface area contributed by atoms with Crippen molar-refractivity contribution in [2.75, 3.05) is 26.7 Å². The highest BCUT2D eigenvalue weighted by Gasteiger charge is 2.25. The van der Waals surface area contributed by atoms with Crippen LogP contribution < -0.4 is 10.1 Å². The molecule has 4 nitrogen and oxygen atoms in total. The first-order valence-corrected chi connectivity index (χ1v) is 7.92. The lowest BCUT2D eigenvalue weighted by molar-refractivity contribution is 0.0703. The Labute approximate surface area is 143 Å². The van der Waals surface area contributed by atoms with Crippen LogP contribution in [-0.4, -0.2) is 43.6 Å². The number of halogens is 2. The van der Waals surface area contributed by atoms with Crippen LogP contribution in [0.4, 0.5) is 0 Å². The van der Waals surface area contributed by atoms with Crippen molar-refractivity contribution >= 4 is 29.9 Å². The molecular formula is C16H24Cl2N2O2. The van der Waals surface area contributed by atoms with Gasteiger partial charge in [0, 0.05) is 24.2 Å². The molecule has 1 aromatic carbocycles. The summed E-state index contributed by atoms with van der Waals surface area (Å²) >= 11 is 6.04. The molecule has 1 aromatic rings. The summed E-state index contributed by atoms with van der Waals surface area (Å²) in [5, 5.41) is 3.83. The van der Waals surface area contributed by atoms with Crippen LogP contribution in [0.5, 0.6) is 5.75 Å². The smallest absolute Gasteiger partial charge is 0.257 e. The molecule has 1 N–H and O–H groups in total. The monoisotopic (exact) mass is 346 g/mol. The molecule has 0 bridgehead atoms. The minimum Gasteiger partial charge on any atom is -0.493 e. The Bertz CT molecular complexity index is 489. The van der Waals surface area contributed by atoms with E-state index in [2.05, 4.69) is 5.32 Å². The number of amides is 1. The van der Waals surface area contributed by atoms with Crippen LogP contribution >= 0.6 is 24.0 Å². The predicted molar refractivity (Wildman–Crippen MR) is 92.5 cm³/mol. The summed E-state index contributed by atoms with van der Waals surface area (Å²) in [6.45, 7) is 4.18. The number of piperidine rings is 1. The molecule has 6 heteroatoms. The lowest BCUT2D eigenvalue weighted by Gasteiger charge is -2.32. The molecule has 1 aliphatic rings. The predicted octanol–water partition coefficient (Wildman–Crippen LogP) is 3.37. The Balaban J connectivity index is 0.00000242. The third kappa shape index (κ3) is 4.77. The van der Waals surface area contributed by atoms with Crippen LogP contribution in [0.3, 0.4) is 0 Å². The Morgan fingerprint density at radius 1 is 1.41 bits per heavy atom. The zero-order chi connectivity index (χ0) is 15.2. The third-order valence-electron chi connectivity index (χ3n) is 3.82. The summed E-state index contributed by atoms with van der Waals surface area (Å²) in [6, 6.07) is 5.76. The largest absolute Gasteiger partial charge is 0.493 e. The van der Waals surface area contributed by atoms with Crippen LogP contribution in [0.15, 0.2) is 18.2 Å². The fourth-order valence-electron chi connectivity index (χ4n) is 2.55. The maximum Gasteiger partial charge on any atom is 0.257 e. The highest BCUT2D eigenvalue weighted by atomic mass is 35.5. The van der Waals surface area contributed by atoms with Crippen molar-refractivity contribution in [1.29, 1.82) is 0 Å². The van der Waals surface area contributed by atoms with Crippen LogP contribution in [0.25, 0.3) is 0 Å². The summed E-state index contributed by atoms with van der Waals surface area (Å²) < 4.78 is 5.68. The molecule has 1 fully saturated rings. The van der Waals surface area contributed by atoms with Crippen molar-refractivity contribution in [3.63, 3.8) is 0 Å². The molecule has 0 spiro atoms. The van der Waals surface area contributed by atoms with Crippen molar-refractivity contribution in [1.82, 2.24) is 10.2 Å². The minimum atomic E-state index is 0. The van der Waals surface area contributed by atoms with Gasteiger partial charge in [0.15, 0.2) is 0 Å². The number of carbonyl (C=O) groups is 1. The van der Waals surface area contributed by atoms with Crippen LogP contribution in [-0.2, 0) is 0 Å². The van der Waals surface area contributed by atoms with Gasteiger partial charge in [-0.1, -0.05) is 18.5 Å². The summed E-state index contributed by atoms with van der Waals surface area (Å²) in [5.74, 6) is 0.639. The normalized spacial score (nSPS) is 15.3. The number of nitrogens with zero attached hydrogens (tertiary/aromatic N) is 1. The first kappa shape index (κ1) is 19.1. The Hall–Kier alpha value is -0.970. The summed E-state index contributed by atoms with van der Waals surface area (Å²) in [4.78, 5) is 14.6. The maximum atomic E-state index is 12.7. The average molecular weight is 347 g/mol. The lowest BCUT2D eigenvalue weighted by Crippen LogP contribution is -2.44. The van der Waals surface area contributed by atoms with Crippen molar-refractivity contribution < 1.29 is 9.53 Å². The number of carbonyl (C=O) groups excluding carboxylic acids is 1. The van der Waals surface area contributed by atoms with Crippen molar-refractivity contribution in [3.8, 4) is 5.75 Å². The van der Waals surface area contributed by atoms with E-state index in [-0.39, 0.29) is 18.3 Å². The highest BCUT2D eigenvalue weighted by Crippen LogP contribution is 2.26. The second-order valence-corrected chi connectivity index (χ2v) is 5.78. The fourth-order valence-corrected chi connectivity index (χ4v) is 2.72. The summed E-state index contributed by atoms with van der Waals surface area (Å²) in [7, 11) is 1.97. The van der Waals surface area contributed by atoms with Gasteiger partial charge in [-0.05, 0) is 44.5 Å². The molecule has 0 atom stereocenters. The van der Waals surface area contributed by atoms with E-state index in [0.29, 0.717) is 29.0 Å². The molecule has 22 heavy (non-hydrogen) atoms. The summed E-state index contributed by atoms with van der Waals surface area (Å²) in [6.07, 6.45) is 2.87. The molecule has 0 unspecified atom stereocenters.